The number of hydrogen-bond donors (Lipinski definition) is 1. The summed E-state index contributed by atoms with van der Waals surface area (Å²) in [6.07, 6.45) is 2.79. The van der Waals surface area contributed by atoms with E-state index in [2.05, 4.69) is 35.3 Å². The maximum absolute atomic E-state index is 5.58. The van der Waals surface area contributed by atoms with Crippen LogP contribution in [-0.4, -0.2) is 21.3 Å². The third-order valence-corrected chi connectivity index (χ3v) is 3.83. The predicted molar refractivity (Wildman–Crippen MR) is 76.4 cm³/mol. The van der Waals surface area contributed by atoms with Gasteiger partial charge in [-0.05, 0) is 26.0 Å². The van der Waals surface area contributed by atoms with Crippen LogP contribution >= 0.6 is 11.3 Å². The smallest absolute Gasteiger partial charge is 0.335 e. The zero-order valence-electron chi connectivity index (χ0n) is 11.6. The number of rotatable bonds is 7. The lowest BCUT2D eigenvalue weighted by atomic mass is 10.2. The van der Waals surface area contributed by atoms with E-state index < -0.39 is 0 Å². The monoisotopic (exact) mass is 280 g/mol. The van der Waals surface area contributed by atoms with E-state index in [1.54, 1.807) is 11.0 Å². The van der Waals surface area contributed by atoms with Crippen molar-refractivity contribution in [1.82, 2.24) is 20.1 Å². The van der Waals surface area contributed by atoms with Gasteiger partial charge in [-0.15, -0.1) is 16.4 Å². The average Bonchev–Trinajstić information content (AvgIpc) is 2.94. The molecule has 5 nitrogen and oxygen atoms in total. The molecule has 0 amide bonds. The first-order chi connectivity index (χ1) is 9.19. The van der Waals surface area contributed by atoms with Crippen molar-refractivity contribution in [3.63, 3.8) is 0 Å². The Labute approximate surface area is 117 Å². The summed E-state index contributed by atoms with van der Waals surface area (Å²) in [7, 11) is 1.83. The van der Waals surface area contributed by atoms with Gasteiger partial charge in [0.1, 0.15) is 12.9 Å². The van der Waals surface area contributed by atoms with Gasteiger partial charge in [-0.25, -0.2) is 0 Å². The first-order valence-electron chi connectivity index (χ1n) is 6.46. The van der Waals surface area contributed by atoms with E-state index in [1.165, 1.54) is 15.3 Å². The first kappa shape index (κ1) is 14.0. The molecule has 2 aromatic heterocycles. The summed E-state index contributed by atoms with van der Waals surface area (Å²) >= 11 is 1.82. The van der Waals surface area contributed by atoms with Gasteiger partial charge < -0.3 is 10.1 Å². The van der Waals surface area contributed by atoms with Crippen molar-refractivity contribution in [2.75, 3.05) is 6.54 Å². The molecule has 0 aliphatic carbocycles. The number of thiophene rings is 1. The van der Waals surface area contributed by atoms with E-state index in [-0.39, 0.29) is 0 Å². The van der Waals surface area contributed by atoms with Crippen molar-refractivity contribution in [3.05, 3.63) is 27.7 Å². The molecule has 0 aliphatic heterocycles. The Morgan fingerprint density at radius 3 is 3.00 bits per heavy atom. The number of ether oxygens (including phenoxy) is 1. The van der Waals surface area contributed by atoms with Crippen molar-refractivity contribution in [1.29, 1.82) is 0 Å². The summed E-state index contributed by atoms with van der Waals surface area (Å²) in [4.78, 5) is 6.69. The highest BCUT2D eigenvalue weighted by Crippen LogP contribution is 2.22. The summed E-state index contributed by atoms with van der Waals surface area (Å²) in [6, 6.07) is 2.63. The van der Waals surface area contributed by atoms with E-state index in [4.69, 9.17) is 4.74 Å². The number of hydrogen-bond acceptors (Lipinski definition) is 5. The topological polar surface area (TPSA) is 52.0 Å². The third-order valence-electron chi connectivity index (χ3n) is 2.73. The molecule has 19 heavy (non-hydrogen) atoms. The average molecular weight is 280 g/mol. The molecule has 2 aromatic rings. The van der Waals surface area contributed by atoms with Crippen LogP contribution in [0.3, 0.4) is 0 Å². The molecular weight excluding hydrogens is 260 g/mol. The maximum Gasteiger partial charge on any atom is 0.335 e. The summed E-state index contributed by atoms with van der Waals surface area (Å²) in [5.41, 5.74) is 1.21. The fraction of sp³-hybridized carbons (Fsp3) is 0.538. The van der Waals surface area contributed by atoms with E-state index >= 15 is 0 Å². The van der Waals surface area contributed by atoms with Crippen LogP contribution in [0.25, 0.3) is 0 Å². The van der Waals surface area contributed by atoms with E-state index in [1.807, 2.05) is 18.4 Å². The number of aromatic nitrogens is 3. The molecule has 0 radical (unpaired) electrons. The molecule has 6 heteroatoms. The lowest BCUT2D eigenvalue weighted by Gasteiger charge is -2.00. The van der Waals surface area contributed by atoms with E-state index in [0.717, 1.165) is 19.5 Å². The predicted octanol–water partition coefficient (Wildman–Crippen LogP) is 2.26. The second-order valence-corrected chi connectivity index (χ2v) is 5.80. The quantitative estimate of drug-likeness (QED) is 0.790. The molecule has 0 aliphatic rings. The Bertz CT molecular complexity index is 520. The number of nitrogens with one attached hydrogen (secondary N) is 1. The highest BCUT2D eigenvalue weighted by atomic mass is 32.1. The second kappa shape index (κ2) is 6.68. The summed E-state index contributed by atoms with van der Waals surface area (Å²) in [6.45, 7) is 6.81. The molecule has 104 valence electrons. The summed E-state index contributed by atoms with van der Waals surface area (Å²) in [5, 5.41) is 7.51. The molecule has 1 N–H and O–H groups in total. The van der Waals surface area contributed by atoms with Crippen LogP contribution in [0.1, 0.15) is 28.7 Å². The lowest BCUT2D eigenvalue weighted by molar-refractivity contribution is 0.280. The Kier molecular flexibility index (Phi) is 4.93. The largest absolute Gasteiger partial charge is 0.457 e. The van der Waals surface area contributed by atoms with Gasteiger partial charge in [0, 0.05) is 28.9 Å². The number of nitrogens with zero attached hydrogens (tertiary/aromatic N) is 3. The van der Waals surface area contributed by atoms with Crippen molar-refractivity contribution in [2.45, 2.75) is 33.4 Å². The van der Waals surface area contributed by atoms with Gasteiger partial charge >= 0.3 is 6.01 Å². The normalized spacial score (nSPS) is 10.9. The van der Waals surface area contributed by atoms with Crippen molar-refractivity contribution < 1.29 is 4.74 Å². The molecule has 0 aromatic carbocycles. The molecule has 0 saturated carbocycles. The van der Waals surface area contributed by atoms with Gasteiger partial charge in [0.2, 0.25) is 0 Å². The van der Waals surface area contributed by atoms with Crippen molar-refractivity contribution >= 4 is 11.3 Å². The molecular formula is C13H20N4OS. The molecule has 0 fully saturated rings. The van der Waals surface area contributed by atoms with Crippen LogP contribution < -0.4 is 10.1 Å². The minimum atomic E-state index is 0.429. The highest BCUT2D eigenvalue weighted by Gasteiger charge is 2.07. The standard InChI is InChI=1S/C13H20N4OS/c1-4-5-14-7-12-6-11(10(2)19-12)8-18-13-15-9-17(3)16-13/h6,9,14H,4-5,7-8H2,1-3H3. The minimum absolute atomic E-state index is 0.429. The summed E-state index contributed by atoms with van der Waals surface area (Å²) in [5.74, 6) is 0. The Morgan fingerprint density at radius 1 is 1.47 bits per heavy atom. The Balaban J connectivity index is 1.89. The fourth-order valence-corrected chi connectivity index (χ4v) is 2.75. The highest BCUT2D eigenvalue weighted by molar-refractivity contribution is 7.12. The van der Waals surface area contributed by atoms with Crippen LogP contribution in [-0.2, 0) is 20.2 Å². The van der Waals surface area contributed by atoms with Crippen molar-refractivity contribution in [3.8, 4) is 6.01 Å². The minimum Gasteiger partial charge on any atom is -0.457 e. The number of aryl methyl sites for hydroxylation is 2. The molecule has 0 saturated heterocycles. The summed E-state index contributed by atoms with van der Waals surface area (Å²) < 4.78 is 7.21. The van der Waals surface area contributed by atoms with Gasteiger partial charge in [-0.3, -0.25) is 4.68 Å². The van der Waals surface area contributed by atoms with Crippen LogP contribution in [0.2, 0.25) is 0 Å². The van der Waals surface area contributed by atoms with Gasteiger partial charge in [0.05, 0.1) is 0 Å². The van der Waals surface area contributed by atoms with Crippen LogP contribution in [0.5, 0.6) is 6.01 Å². The van der Waals surface area contributed by atoms with Crippen molar-refractivity contribution in [2.24, 2.45) is 7.05 Å². The van der Waals surface area contributed by atoms with Gasteiger partial charge in [0.15, 0.2) is 0 Å². The van der Waals surface area contributed by atoms with Gasteiger partial charge in [-0.2, -0.15) is 4.98 Å². The fourth-order valence-electron chi connectivity index (χ4n) is 1.73. The molecule has 0 unspecified atom stereocenters. The molecule has 0 atom stereocenters. The Morgan fingerprint density at radius 2 is 2.32 bits per heavy atom. The maximum atomic E-state index is 5.58. The Hall–Kier alpha value is -1.40. The van der Waals surface area contributed by atoms with Gasteiger partial charge in [-0.1, -0.05) is 6.92 Å². The third kappa shape index (κ3) is 4.04. The van der Waals surface area contributed by atoms with Crippen LogP contribution in [0.15, 0.2) is 12.4 Å². The van der Waals surface area contributed by atoms with Gasteiger partial charge in [0.25, 0.3) is 0 Å². The molecule has 0 bridgehead atoms. The molecule has 2 heterocycles. The van der Waals surface area contributed by atoms with E-state index in [0.29, 0.717) is 12.6 Å². The van der Waals surface area contributed by atoms with E-state index in [9.17, 15) is 0 Å². The zero-order chi connectivity index (χ0) is 13.7. The van der Waals surface area contributed by atoms with Crippen LogP contribution in [0, 0.1) is 6.92 Å². The molecule has 2 rings (SSSR count). The van der Waals surface area contributed by atoms with Crippen LogP contribution in [0.4, 0.5) is 0 Å². The SMILES string of the molecule is CCCNCc1cc(COc2ncn(C)n2)c(C)s1. The zero-order valence-corrected chi connectivity index (χ0v) is 12.5. The second-order valence-electron chi connectivity index (χ2n) is 4.46. The first-order valence-corrected chi connectivity index (χ1v) is 7.28. The lowest BCUT2D eigenvalue weighted by Crippen LogP contribution is -2.12. The molecule has 0 spiro atoms.